The minimum absolute atomic E-state index is 0.00541. The smallest absolute Gasteiger partial charge is 0.354 e. The fraction of sp³-hybridized carbons (Fsp3) is 0.286. The molecular formula is C14H17N3O3. The number of benzene rings is 1. The molecule has 0 aliphatic heterocycles. The maximum absolute atomic E-state index is 11.2. The lowest BCUT2D eigenvalue weighted by atomic mass is 9.97. The number of carbonyl (C=O) groups is 1. The lowest BCUT2D eigenvalue weighted by molar-refractivity contribution is 0.0691. The number of hydrogen-bond acceptors (Lipinski definition) is 4. The first-order valence-electron chi connectivity index (χ1n) is 6.27. The standard InChI is InChI=1S/C14H17N3O3/c1-4-20-10-6-7(2)9(5-8(10)3)11-12(14(18)19)16-17-13(11)15/h5-6H,4H2,1-3H3,(H,18,19)(H3,15,16,17). The third-order valence-corrected chi connectivity index (χ3v) is 3.10. The molecule has 0 aliphatic rings. The van der Waals surface area contributed by atoms with Crippen LogP contribution in [0.5, 0.6) is 5.75 Å². The zero-order valence-electron chi connectivity index (χ0n) is 11.7. The Morgan fingerprint density at radius 3 is 2.70 bits per heavy atom. The molecule has 0 atom stereocenters. The number of hydrogen-bond donors (Lipinski definition) is 3. The Balaban J connectivity index is 2.62. The lowest BCUT2D eigenvalue weighted by Crippen LogP contribution is -2.02. The SMILES string of the molecule is CCOc1cc(C)c(-c2c(N)n[nH]c2C(=O)O)cc1C. The van der Waals surface area contributed by atoms with E-state index in [0.29, 0.717) is 12.2 Å². The van der Waals surface area contributed by atoms with Gasteiger partial charge in [-0.1, -0.05) is 0 Å². The Labute approximate surface area is 116 Å². The van der Waals surface area contributed by atoms with Crippen LogP contribution in [0.2, 0.25) is 0 Å². The highest BCUT2D eigenvalue weighted by molar-refractivity contribution is 5.98. The van der Waals surface area contributed by atoms with Gasteiger partial charge in [-0.25, -0.2) is 4.79 Å². The predicted molar refractivity (Wildman–Crippen MR) is 76.0 cm³/mol. The minimum atomic E-state index is -1.09. The zero-order valence-corrected chi connectivity index (χ0v) is 11.7. The largest absolute Gasteiger partial charge is 0.494 e. The molecule has 1 aromatic carbocycles. The third-order valence-electron chi connectivity index (χ3n) is 3.10. The molecule has 2 aromatic rings. The van der Waals surface area contributed by atoms with Gasteiger partial charge in [0.05, 0.1) is 12.2 Å². The van der Waals surface area contributed by atoms with Crippen LogP contribution in [0, 0.1) is 13.8 Å². The maximum Gasteiger partial charge on any atom is 0.354 e. The van der Waals surface area contributed by atoms with Crippen molar-refractivity contribution in [1.29, 1.82) is 0 Å². The number of aryl methyl sites for hydroxylation is 2. The van der Waals surface area contributed by atoms with Crippen LogP contribution >= 0.6 is 0 Å². The highest BCUT2D eigenvalue weighted by Crippen LogP contribution is 2.34. The average Bonchev–Trinajstić information content (AvgIpc) is 2.76. The number of nitrogen functional groups attached to an aromatic ring is 1. The molecule has 0 saturated heterocycles. The second-order valence-corrected chi connectivity index (χ2v) is 4.53. The number of aromatic nitrogens is 2. The van der Waals surface area contributed by atoms with Crippen LogP contribution in [-0.4, -0.2) is 27.9 Å². The van der Waals surface area contributed by atoms with Crippen LogP contribution in [0.25, 0.3) is 11.1 Å². The number of carboxylic acid groups (broad SMARTS) is 1. The van der Waals surface area contributed by atoms with Crippen LogP contribution in [0.15, 0.2) is 12.1 Å². The summed E-state index contributed by atoms with van der Waals surface area (Å²) in [4.78, 5) is 11.2. The van der Waals surface area contributed by atoms with Crippen molar-refractivity contribution in [3.05, 3.63) is 29.0 Å². The van der Waals surface area contributed by atoms with Crippen molar-refractivity contribution >= 4 is 11.8 Å². The molecule has 4 N–H and O–H groups in total. The van der Waals surface area contributed by atoms with E-state index in [0.717, 1.165) is 22.4 Å². The molecule has 0 radical (unpaired) electrons. The number of H-pyrrole nitrogens is 1. The molecule has 0 unspecified atom stereocenters. The van der Waals surface area contributed by atoms with Crippen molar-refractivity contribution in [2.45, 2.75) is 20.8 Å². The summed E-state index contributed by atoms with van der Waals surface area (Å²) in [5.41, 5.74) is 8.75. The summed E-state index contributed by atoms with van der Waals surface area (Å²) in [6.45, 7) is 6.28. The molecule has 1 aromatic heterocycles. The summed E-state index contributed by atoms with van der Waals surface area (Å²) >= 11 is 0. The van der Waals surface area contributed by atoms with E-state index in [4.69, 9.17) is 10.5 Å². The molecule has 0 aliphatic carbocycles. The average molecular weight is 275 g/mol. The van der Waals surface area contributed by atoms with Crippen LogP contribution in [-0.2, 0) is 0 Å². The van der Waals surface area contributed by atoms with Gasteiger partial charge < -0.3 is 15.6 Å². The molecule has 20 heavy (non-hydrogen) atoms. The van der Waals surface area contributed by atoms with Crippen LogP contribution in [0.4, 0.5) is 5.82 Å². The monoisotopic (exact) mass is 275 g/mol. The Morgan fingerprint density at radius 1 is 1.40 bits per heavy atom. The second kappa shape index (κ2) is 5.24. The van der Waals surface area contributed by atoms with Gasteiger partial charge in [-0.2, -0.15) is 5.10 Å². The molecule has 0 spiro atoms. The van der Waals surface area contributed by atoms with Gasteiger partial charge >= 0.3 is 5.97 Å². The number of aromatic amines is 1. The van der Waals surface area contributed by atoms with E-state index in [9.17, 15) is 9.90 Å². The van der Waals surface area contributed by atoms with Gasteiger partial charge in [0.15, 0.2) is 11.5 Å². The lowest BCUT2D eigenvalue weighted by Gasteiger charge is -2.12. The fourth-order valence-electron chi connectivity index (χ4n) is 2.15. The molecule has 6 nitrogen and oxygen atoms in total. The van der Waals surface area contributed by atoms with Crippen LogP contribution in [0.1, 0.15) is 28.5 Å². The Hall–Kier alpha value is -2.50. The number of ether oxygens (including phenoxy) is 1. The summed E-state index contributed by atoms with van der Waals surface area (Å²) in [7, 11) is 0. The van der Waals surface area contributed by atoms with Gasteiger partial charge in [-0.3, -0.25) is 5.10 Å². The van der Waals surface area contributed by atoms with Gasteiger partial charge in [0.2, 0.25) is 0 Å². The Bertz CT molecular complexity index is 662. The van der Waals surface area contributed by atoms with Crippen molar-refractivity contribution in [2.24, 2.45) is 0 Å². The van der Waals surface area contributed by atoms with E-state index < -0.39 is 5.97 Å². The number of nitrogens with zero attached hydrogens (tertiary/aromatic N) is 1. The van der Waals surface area contributed by atoms with E-state index in [1.165, 1.54) is 0 Å². The van der Waals surface area contributed by atoms with Gasteiger partial charge in [0.1, 0.15) is 5.75 Å². The maximum atomic E-state index is 11.2. The van der Waals surface area contributed by atoms with Crippen molar-refractivity contribution in [3.63, 3.8) is 0 Å². The summed E-state index contributed by atoms with van der Waals surface area (Å²) in [5.74, 6) is -0.128. The number of aromatic carboxylic acids is 1. The van der Waals surface area contributed by atoms with E-state index in [2.05, 4.69) is 10.2 Å². The number of carboxylic acids is 1. The number of nitrogens with two attached hydrogens (primary N) is 1. The van der Waals surface area contributed by atoms with Crippen LogP contribution in [0.3, 0.4) is 0 Å². The summed E-state index contributed by atoms with van der Waals surface area (Å²) in [5, 5.41) is 15.4. The van der Waals surface area contributed by atoms with Gasteiger partial charge in [-0.05, 0) is 49.6 Å². The highest BCUT2D eigenvalue weighted by Gasteiger charge is 2.20. The van der Waals surface area contributed by atoms with Gasteiger partial charge in [-0.15, -0.1) is 0 Å². The van der Waals surface area contributed by atoms with E-state index in [-0.39, 0.29) is 11.5 Å². The molecular weight excluding hydrogens is 258 g/mol. The van der Waals surface area contributed by atoms with E-state index in [1.54, 1.807) is 0 Å². The molecule has 0 bridgehead atoms. The molecule has 0 amide bonds. The summed E-state index contributed by atoms with van der Waals surface area (Å²) in [6, 6.07) is 3.75. The molecule has 0 saturated carbocycles. The van der Waals surface area contributed by atoms with Crippen LogP contribution < -0.4 is 10.5 Å². The van der Waals surface area contributed by atoms with Crippen molar-refractivity contribution in [3.8, 4) is 16.9 Å². The number of nitrogens with one attached hydrogen (secondary N) is 1. The quantitative estimate of drug-likeness (QED) is 0.795. The zero-order chi connectivity index (χ0) is 14.9. The number of anilines is 1. The Morgan fingerprint density at radius 2 is 2.10 bits per heavy atom. The minimum Gasteiger partial charge on any atom is -0.494 e. The third kappa shape index (κ3) is 2.32. The molecule has 6 heteroatoms. The topological polar surface area (TPSA) is 101 Å². The van der Waals surface area contributed by atoms with Gasteiger partial charge in [0, 0.05) is 0 Å². The highest BCUT2D eigenvalue weighted by atomic mass is 16.5. The predicted octanol–water partition coefficient (Wildman–Crippen LogP) is 2.37. The first-order valence-corrected chi connectivity index (χ1v) is 6.27. The fourth-order valence-corrected chi connectivity index (χ4v) is 2.15. The molecule has 106 valence electrons. The van der Waals surface area contributed by atoms with Crippen molar-refractivity contribution in [2.75, 3.05) is 12.3 Å². The normalized spacial score (nSPS) is 10.6. The van der Waals surface area contributed by atoms with E-state index >= 15 is 0 Å². The molecule has 0 fully saturated rings. The second-order valence-electron chi connectivity index (χ2n) is 4.53. The number of rotatable bonds is 4. The molecule has 1 heterocycles. The van der Waals surface area contributed by atoms with E-state index in [1.807, 2.05) is 32.9 Å². The first-order chi connectivity index (χ1) is 9.45. The first kappa shape index (κ1) is 13.9. The van der Waals surface area contributed by atoms with Crippen molar-refractivity contribution in [1.82, 2.24) is 10.2 Å². The summed E-state index contributed by atoms with van der Waals surface area (Å²) < 4.78 is 5.53. The Kier molecular flexibility index (Phi) is 3.65. The summed E-state index contributed by atoms with van der Waals surface area (Å²) in [6.07, 6.45) is 0. The molecule has 2 rings (SSSR count). The van der Waals surface area contributed by atoms with Crippen molar-refractivity contribution < 1.29 is 14.6 Å². The van der Waals surface area contributed by atoms with Gasteiger partial charge in [0.25, 0.3) is 0 Å².